The zero-order valence-corrected chi connectivity index (χ0v) is 12.2. The van der Waals surface area contributed by atoms with E-state index in [0.29, 0.717) is 12.2 Å². The van der Waals surface area contributed by atoms with Gasteiger partial charge < -0.3 is 15.5 Å². The zero-order chi connectivity index (χ0) is 14.2. The standard InChI is InChI=1S/C15H24N4O/c1-2-7-16-13-5-6-14(18-12-13)15(20)17-8-11-19-9-3-4-10-19/h5-6,12,16H,2-4,7-11H2,1H3,(H,17,20). The van der Waals surface area contributed by atoms with Gasteiger partial charge >= 0.3 is 0 Å². The maximum Gasteiger partial charge on any atom is 0.269 e. The van der Waals surface area contributed by atoms with E-state index in [1.54, 1.807) is 12.3 Å². The van der Waals surface area contributed by atoms with Gasteiger partial charge in [-0.25, -0.2) is 4.98 Å². The lowest BCUT2D eigenvalue weighted by Crippen LogP contribution is -2.33. The van der Waals surface area contributed by atoms with Gasteiger partial charge in [0.05, 0.1) is 11.9 Å². The van der Waals surface area contributed by atoms with Gasteiger partial charge in [-0.3, -0.25) is 4.79 Å². The fourth-order valence-electron chi connectivity index (χ4n) is 2.33. The Morgan fingerprint density at radius 2 is 2.10 bits per heavy atom. The monoisotopic (exact) mass is 276 g/mol. The Labute approximate surface area is 120 Å². The van der Waals surface area contributed by atoms with Crippen LogP contribution in [0.1, 0.15) is 36.7 Å². The number of aromatic nitrogens is 1. The summed E-state index contributed by atoms with van der Waals surface area (Å²) in [5.41, 5.74) is 1.44. The van der Waals surface area contributed by atoms with Crippen LogP contribution in [-0.4, -0.2) is 48.5 Å². The van der Waals surface area contributed by atoms with Crippen molar-refractivity contribution in [1.29, 1.82) is 0 Å². The minimum atomic E-state index is -0.0914. The number of amides is 1. The molecule has 1 aliphatic heterocycles. The number of carbonyl (C=O) groups excluding carboxylic acids is 1. The van der Waals surface area contributed by atoms with Gasteiger partial charge in [-0.15, -0.1) is 0 Å². The van der Waals surface area contributed by atoms with Gasteiger partial charge in [-0.2, -0.15) is 0 Å². The van der Waals surface area contributed by atoms with E-state index in [0.717, 1.165) is 38.3 Å². The first-order valence-corrected chi connectivity index (χ1v) is 7.50. The molecule has 0 saturated carbocycles. The van der Waals surface area contributed by atoms with E-state index in [4.69, 9.17) is 0 Å². The van der Waals surface area contributed by atoms with Crippen LogP contribution in [0.3, 0.4) is 0 Å². The lowest BCUT2D eigenvalue weighted by atomic mass is 10.3. The molecule has 110 valence electrons. The molecule has 2 heterocycles. The normalized spacial score (nSPS) is 15.2. The van der Waals surface area contributed by atoms with Crippen LogP contribution < -0.4 is 10.6 Å². The minimum Gasteiger partial charge on any atom is -0.384 e. The van der Waals surface area contributed by atoms with Crippen LogP contribution in [0.4, 0.5) is 5.69 Å². The fraction of sp³-hybridized carbons (Fsp3) is 0.600. The van der Waals surface area contributed by atoms with Crippen molar-refractivity contribution in [2.45, 2.75) is 26.2 Å². The zero-order valence-electron chi connectivity index (χ0n) is 12.2. The van der Waals surface area contributed by atoms with E-state index < -0.39 is 0 Å². The highest BCUT2D eigenvalue weighted by Gasteiger charge is 2.12. The summed E-state index contributed by atoms with van der Waals surface area (Å²) in [5, 5.41) is 6.16. The number of rotatable bonds is 7. The Morgan fingerprint density at radius 1 is 1.30 bits per heavy atom. The van der Waals surface area contributed by atoms with Gasteiger partial charge in [0.2, 0.25) is 0 Å². The van der Waals surface area contributed by atoms with Gasteiger partial charge in [-0.05, 0) is 44.5 Å². The average Bonchev–Trinajstić information content (AvgIpc) is 2.99. The SMILES string of the molecule is CCCNc1ccc(C(=O)NCCN2CCCC2)nc1. The molecule has 0 unspecified atom stereocenters. The summed E-state index contributed by atoms with van der Waals surface area (Å²) >= 11 is 0. The summed E-state index contributed by atoms with van der Waals surface area (Å²) < 4.78 is 0. The van der Waals surface area contributed by atoms with Gasteiger partial charge in [0, 0.05) is 19.6 Å². The molecule has 2 N–H and O–H groups in total. The molecule has 0 aromatic carbocycles. The van der Waals surface area contributed by atoms with Crippen molar-refractivity contribution in [3.8, 4) is 0 Å². The number of pyridine rings is 1. The summed E-state index contributed by atoms with van der Waals surface area (Å²) in [7, 11) is 0. The molecule has 1 aromatic rings. The highest BCUT2D eigenvalue weighted by Crippen LogP contribution is 2.07. The number of nitrogens with one attached hydrogen (secondary N) is 2. The molecule has 1 saturated heterocycles. The number of carbonyl (C=O) groups is 1. The fourth-order valence-corrected chi connectivity index (χ4v) is 2.33. The molecule has 0 spiro atoms. The maximum atomic E-state index is 11.9. The van der Waals surface area contributed by atoms with Crippen LogP contribution in [0.2, 0.25) is 0 Å². The Hall–Kier alpha value is -1.62. The topological polar surface area (TPSA) is 57.3 Å². The molecule has 0 radical (unpaired) electrons. The molecule has 0 bridgehead atoms. The van der Waals surface area contributed by atoms with Crippen molar-refractivity contribution in [2.75, 3.05) is 38.0 Å². The summed E-state index contributed by atoms with van der Waals surface area (Å²) in [6.45, 7) is 6.97. The first-order valence-electron chi connectivity index (χ1n) is 7.50. The third kappa shape index (κ3) is 4.49. The van der Waals surface area contributed by atoms with E-state index >= 15 is 0 Å². The third-order valence-electron chi connectivity index (χ3n) is 3.49. The molecule has 5 nitrogen and oxygen atoms in total. The molecule has 0 atom stereocenters. The van der Waals surface area contributed by atoms with E-state index in [1.807, 2.05) is 6.07 Å². The number of anilines is 1. The van der Waals surface area contributed by atoms with Crippen molar-refractivity contribution in [3.05, 3.63) is 24.0 Å². The summed E-state index contributed by atoms with van der Waals surface area (Å²) in [4.78, 5) is 18.5. The second-order valence-electron chi connectivity index (χ2n) is 5.16. The Bertz CT molecular complexity index is 412. The molecule has 20 heavy (non-hydrogen) atoms. The number of hydrogen-bond donors (Lipinski definition) is 2. The van der Waals surface area contributed by atoms with E-state index in [9.17, 15) is 4.79 Å². The van der Waals surface area contributed by atoms with Crippen molar-refractivity contribution in [1.82, 2.24) is 15.2 Å². The number of hydrogen-bond acceptors (Lipinski definition) is 4. The second-order valence-corrected chi connectivity index (χ2v) is 5.16. The van der Waals surface area contributed by atoms with Gasteiger partial charge in [0.15, 0.2) is 0 Å². The summed E-state index contributed by atoms with van der Waals surface area (Å²) in [5.74, 6) is -0.0914. The predicted octanol–water partition coefficient (Wildman–Crippen LogP) is 1.73. The first-order chi connectivity index (χ1) is 9.79. The van der Waals surface area contributed by atoms with Crippen LogP contribution in [-0.2, 0) is 0 Å². The van der Waals surface area contributed by atoms with Crippen LogP contribution >= 0.6 is 0 Å². The Balaban J connectivity index is 1.73. The quantitative estimate of drug-likeness (QED) is 0.796. The molecular weight excluding hydrogens is 252 g/mol. The molecule has 1 amide bonds. The maximum absolute atomic E-state index is 11.9. The van der Waals surface area contributed by atoms with Crippen molar-refractivity contribution >= 4 is 11.6 Å². The van der Waals surface area contributed by atoms with E-state index in [2.05, 4.69) is 27.4 Å². The second kappa shape index (κ2) is 7.85. The van der Waals surface area contributed by atoms with Gasteiger partial charge in [-0.1, -0.05) is 6.92 Å². The molecule has 1 aliphatic rings. The van der Waals surface area contributed by atoms with Crippen molar-refractivity contribution in [2.24, 2.45) is 0 Å². The van der Waals surface area contributed by atoms with Gasteiger partial charge in [0.25, 0.3) is 5.91 Å². The summed E-state index contributed by atoms with van der Waals surface area (Å²) in [6, 6.07) is 3.67. The highest BCUT2D eigenvalue weighted by molar-refractivity contribution is 5.92. The van der Waals surface area contributed by atoms with Gasteiger partial charge in [0.1, 0.15) is 5.69 Å². The Kier molecular flexibility index (Phi) is 5.80. The molecule has 1 aromatic heterocycles. The lowest BCUT2D eigenvalue weighted by molar-refractivity contribution is 0.0945. The van der Waals surface area contributed by atoms with Crippen LogP contribution in [0.25, 0.3) is 0 Å². The molecule has 2 rings (SSSR count). The summed E-state index contributed by atoms with van der Waals surface area (Å²) in [6.07, 6.45) is 5.34. The minimum absolute atomic E-state index is 0.0914. The number of nitrogens with zero attached hydrogens (tertiary/aromatic N) is 2. The smallest absolute Gasteiger partial charge is 0.269 e. The lowest BCUT2D eigenvalue weighted by Gasteiger charge is -2.14. The average molecular weight is 276 g/mol. The highest BCUT2D eigenvalue weighted by atomic mass is 16.1. The van der Waals surface area contributed by atoms with Crippen LogP contribution in [0, 0.1) is 0 Å². The van der Waals surface area contributed by atoms with Crippen LogP contribution in [0.5, 0.6) is 0 Å². The van der Waals surface area contributed by atoms with E-state index in [1.165, 1.54) is 12.8 Å². The molecule has 5 heteroatoms. The molecular formula is C15H24N4O. The number of likely N-dealkylation sites (tertiary alicyclic amines) is 1. The molecule has 1 fully saturated rings. The van der Waals surface area contributed by atoms with E-state index in [-0.39, 0.29) is 5.91 Å². The van der Waals surface area contributed by atoms with Crippen molar-refractivity contribution in [3.63, 3.8) is 0 Å². The molecule has 0 aliphatic carbocycles. The first kappa shape index (κ1) is 14.8. The van der Waals surface area contributed by atoms with Crippen molar-refractivity contribution < 1.29 is 4.79 Å². The van der Waals surface area contributed by atoms with Crippen LogP contribution in [0.15, 0.2) is 18.3 Å². The predicted molar refractivity (Wildman–Crippen MR) is 81.0 cm³/mol. The largest absolute Gasteiger partial charge is 0.384 e. The third-order valence-corrected chi connectivity index (χ3v) is 3.49. The Morgan fingerprint density at radius 3 is 2.75 bits per heavy atom.